The van der Waals surface area contributed by atoms with E-state index >= 15 is 0 Å². The maximum atomic E-state index is 12.9. The van der Waals surface area contributed by atoms with Crippen LogP contribution >= 0.6 is 0 Å². The Morgan fingerprint density at radius 2 is 1.77 bits per heavy atom. The molecule has 0 fully saturated rings. The molecular formula is C24H28N2O4. The number of carbonyl (C=O) groups is 1. The normalized spacial score (nSPS) is 11.9. The number of carbonyl (C=O) groups excluding carboxylic acids is 1. The fraction of sp³-hybridized carbons (Fsp3) is 0.333. The molecule has 6 heteroatoms. The summed E-state index contributed by atoms with van der Waals surface area (Å²) in [7, 11) is 0. The number of nitrogens with one attached hydrogen (secondary N) is 1. The molecule has 0 aliphatic heterocycles. The third-order valence-corrected chi connectivity index (χ3v) is 4.78. The summed E-state index contributed by atoms with van der Waals surface area (Å²) in [4.78, 5) is 12.9. The van der Waals surface area contributed by atoms with Gasteiger partial charge in [-0.2, -0.15) is 0 Å². The topological polar surface area (TPSA) is 73.6 Å². The molecule has 158 valence electrons. The maximum absolute atomic E-state index is 12.9. The van der Waals surface area contributed by atoms with Gasteiger partial charge in [0.1, 0.15) is 23.9 Å². The van der Waals surface area contributed by atoms with Crippen LogP contribution < -0.4 is 14.8 Å². The molecule has 1 heterocycles. The Balaban J connectivity index is 1.68. The van der Waals surface area contributed by atoms with Gasteiger partial charge in [0.05, 0.1) is 29.0 Å². The van der Waals surface area contributed by atoms with E-state index in [9.17, 15) is 4.79 Å². The number of rotatable bonds is 8. The van der Waals surface area contributed by atoms with Gasteiger partial charge in [-0.3, -0.25) is 4.79 Å². The number of para-hydroxylation sites is 1. The van der Waals surface area contributed by atoms with Crippen LogP contribution in [-0.2, 0) is 6.61 Å². The summed E-state index contributed by atoms with van der Waals surface area (Å²) >= 11 is 0. The minimum atomic E-state index is -0.195. The van der Waals surface area contributed by atoms with E-state index in [1.54, 1.807) is 12.1 Å². The first kappa shape index (κ1) is 21.4. The molecule has 1 N–H and O–H groups in total. The van der Waals surface area contributed by atoms with Crippen molar-refractivity contribution in [3.05, 3.63) is 76.7 Å². The lowest BCUT2D eigenvalue weighted by Crippen LogP contribution is -2.27. The molecule has 2 aromatic carbocycles. The van der Waals surface area contributed by atoms with Crippen LogP contribution in [-0.4, -0.2) is 17.2 Å². The third-order valence-electron chi connectivity index (χ3n) is 4.78. The number of hydrogen-bond donors (Lipinski definition) is 1. The van der Waals surface area contributed by atoms with Crippen molar-refractivity contribution in [2.45, 2.75) is 53.4 Å². The molecule has 1 aromatic heterocycles. The average Bonchev–Trinajstić information content (AvgIpc) is 3.04. The van der Waals surface area contributed by atoms with Gasteiger partial charge in [-0.25, -0.2) is 0 Å². The Morgan fingerprint density at radius 3 is 2.40 bits per heavy atom. The number of aryl methyl sites for hydroxylation is 2. The molecule has 0 aliphatic carbocycles. The first-order valence-corrected chi connectivity index (χ1v) is 10.1. The first-order chi connectivity index (χ1) is 14.3. The summed E-state index contributed by atoms with van der Waals surface area (Å²) in [6.45, 7) is 9.93. The number of amides is 1. The van der Waals surface area contributed by atoms with Gasteiger partial charge < -0.3 is 19.3 Å². The fourth-order valence-electron chi connectivity index (χ4n) is 3.10. The average molecular weight is 408 g/mol. The highest BCUT2D eigenvalue weighted by molar-refractivity contribution is 5.97. The number of aromatic nitrogens is 1. The Labute approximate surface area is 177 Å². The SMILES string of the molecule is Cc1noc(C)c1COc1ccccc1C(=O)NC(C)c1ccc(OC(C)C)cc1. The van der Waals surface area contributed by atoms with Crippen molar-refractivity contribution >= 4 is 5.91 Å². The summed E-state index contributed by atoms with van der Waals surface area (Å²) in [6.07, 6.45) is 0.120. The molecule has 0 bridgehead atoms. The van der Waals surface area contributed by atoms with Gasteiger partial charge in [-0.05, 0) is 64.4 Å². The van der Waals surface area contributed by atoms with Gasteiger partial charge in [0, 0.05) is 0 Å². The number of hydrogen-bond acceptors (Lipinski definition) is 5. The van der Waals surface area contributed by atoms with E-state index in [1.165, 1.54) is 0 Å². The molecule has 0 spiro atoms. The summed E-state index contributed by atoms with van der Waals surface area (Å²) in [5.74, 6) is 1.85. The molecule has 0 saturated carbocycles. The predicted octanol–water partition coefficient (Wildman–Crippen LogP) is 5.15. The smallest absolute Gasteiger partial charge is 0.255 e. The van der Waals surface area contributed by atoms with Crippen LogP contribution in [0.1, 0.15) is 59.8 Å². The molecule has 3 rings (SSSR count). The Morgan fingerprint density at radius 1 is 1.07 bits per heavy atom. The van der Waals surface area contributed by atoms with Crippen LogP contribution in [0.5, 0.6) is 11.5 Å². The molecule has 0 aliphatic rings. The second-order valence-corrected chi connectivity index (χ2v) is 7.52. The van der Waals surface area contributed by atoms with Gasteiger partial charge in [0.2, 0.25) is 0 Å². The van der Waals surface area contributed by atoms with Crippen molar-refractivity contribution in [2.24, 2.45) is 0 Å². The summed E-state index contributed by atoms with van der Waals surface area (Å²) < 4.78 is 16.8. The van der Waals surface area contributed by atoms with Crippen LogP contribution in [0, 0.1) is 13.8 Å². The standard InChI is InChI=1S/C24H28N2O4/c1-15(2)29-20-12-10-19(11-13-20)16(3)25-24(27)21-8-6-7-9-23(21)28-14-22-17(4)26-30-18(22)5/h6-13,15-16H,14H2,1-5H3,(H,25,27). The summed E-state index contributed by atoms with van der Waals surface area (Å²) in [5.41, 5.74) is 3.15. The highest BCUT2D eigenvalue weighted by Gasteiger charge is 2.17. The molecule has 1 atom stereocenters. The zero-order chi connectivity index (χ0) is 21.7. The van der Waals surface area contributed by atoms with Crippen LogP contribution in [0.4, 0.5) is 0 Å². The van der Waals surface area contributed by atoms with E-state index in [-0.39, 0.29) is 18.1 Å². The Hall–Kier alpha value is -3.28. The first-order valence-electron chi connectivity index (χ1n) is 10.1. The Bertz CT molecular complexity index is 973. The molecule has 3 aromatic rings. The second-order valence-electron chi connectivity index (χ2n) is 7.52. The van der Waals surface area contributed by atoms with E-state index in [4.69, 9.17) is 14.0 Å². The van der Waals surface area contributed by atoms with E-state index in [2.05, 4.69) is 10.5 Å². The van der Waals surface area contributed by atoms with Crippen molar-refractivity contribution in [3.8, 4) is 11.5 Å². The quantitative estimate of drug-likeness (QED) is 0.558. The lowest BCUT2D eigenvalue weighted by atomic mass is 10.1. The number of nitrogens with zero attached hydrogens (tertiary/aromatic N) is 1. The molecule has 6 nitrogen and oxygen atoms in total. The molecule has 0 saturated heterocycles. The van der Waals surface area contributed by atoms with Gasteiger partial charge in [0.15, 0.2) is 0 Å². The van der Waals surface area contributed by atoms with Gasteiger partial charge in [-0.1, -0.05) is 29.4 Å². The fourth-order valence-corrected chi connectivity index (χ4v) is 3.10. The number of benzene rings is 2. The lowest BCUT2D eigenvalue weighted by molar-refractivity contribution is 0.0935. The van der Waals surface area contributed by atoms with E-state index < -0.39 is 0 Å². The second kappa shape index (κ2) is 9.48. The molecule has 1 unspecified atom stereocenters. The largest absolute Gasteiger partial charge is 0.491 e. The van der Waals surface area contributed by atoms with Crippen molar-refractivity contribution in [1.82, 2.24) is 10.5 Å². The van der Waals surface area contributed by atoms with Crippen LogP contribution in [0.2, 0.25) is 0 Å². The van der Waals surface area contributed by atoms with Crippen molar-refractivity contribution in [2.75, 3.05) is 0 Å². The zero-order valence-corrected chi connectivity index (χ0v) is 18.1. The number of ether oxygens (including phenoxy) is 2. The van der Waals surface area contributed by atoms with Gasteiger partial charge in [-0.15, -0.1) is 0 Å². The third kappa shape index (κ3) is 5.20. The van der Waals surface area contributed by atoms with Crippen LogP contribution in [0.25, 0.3) is 0 Å². The Kier molecular flexibility index (Phi) is 6.77. The summed E-state index contributed by atoms with van der Waals surface area (Å²) in [5, 5.41) is 6.98. The van der Waals surface area contributed by atoms with Crippen LogP contribution in [0.3, 0.4) is 0 Å². The van der Waals surface area contributed by atoms with Crippen molar-refractivity contribution in [1.29, 1.82) is 0 Å². The molecule has 0 radical (unpaired) electrons. The lowest BCUT2D eigenvalue weighted by Gasteiger charge is -2.17. The summed E-state index contributed by atoms with van der Waals surface area (Å²) in [6, 6.07) is 14.8. The molecule has 30 heavy (non-hydrogen) atoms. The molecule has 1 amide bonds. The van der Waals surface area contributed by atoms with E-state index in [0.29, 0.717) is 23.7 Å². The van der Waals surface area contributed by atoms with E-state index in [1.807, 2.05) is 71.0 Å². The predicted molar refractivity (Wildman–Crippen MR) is 115 cm³/mol. The highest BCUT2D eigenvalue weighted by atomic mass is 16.5. The monoisotopic (exact) mass is 408 g/mol. The van der Waals surface area contributed by atoms with Crippen molar-refractivity contribution in [3.63, 3.8) is 0 Å². The van der Waals surface area contributed by atoms with Crippen molar-refractivity contribution < 1.29 is 18.8 Å². The maximum Gasteiger partial charge on any atom is 0.255 e. The zero-order valence-electron chi connectivity index (χ0n) is 18.1. The van der Waals surface area contributed by atoms with Gasteiger partial charge in [0.25, 0.3) is 5.91 Å². The highest BCUT2D eigenvalue weighted by Crippen LogP contribution is 2.23. The minimum absolute atomic E-state index is 0.120. The van der Waals surface area contributed by atoms with Gasteiger partial charge >= 0.3 is 0 Å². The molecular weight excluding hydrogens is 380 g/mol. The minimum Gasteiger partial charge on any atom is -0.491 e. The van der Waals surface area contributed by atoms with Crippen LogP contribution in [0.15, 0.2) is 53.1 Å². The van der Waals surface area contributed by atoms with E-state index in [0.717, 1.165) is 22.6 Å².